The number of methoxy groups -OCH3 is 1. The maximum Gasteiger partial charge on any atom is 0.225 e. The fourth-order valence-electron chi connectivity index (χ4n) is 7.05. The van der Waals surface area contributed by atoms with Crippen molar-refractivity contribution in [1.29, 1.82) is 0 Å². The predicted octanol–water partition coefficient (Wildman–Crippen LogP) is 6.84. The summed E-state index contributed by atoms with van der Waals surface area (Å²) in [5, 5.41) is 16.7. The topological polar surface area (TPSA) is 61.8 Å². The van der Waals surface area contributed by atoms with Gasteiger partial charge < -0.3 is 20.1 Å². The van der Waals surface area contributed by atoms with E-state index < -0.39 is 5.60 Å². The van der Waals surface area contributed by atoms with Gasteiger partial charge in [0.05, 0.1) is 5.60 Å². The minimum atomic E-state index is -1.10. The highest BCUT2D eigenvalue weighted by atomic mass is 35.5. The van der Waals surface area contributed by atoms with Gasteiger partial charge in [0, 0.05) is 49.2 Å². The molecule has 40 heavy (non-hydrogen) atoms. The number of nitrogens with zero attached hydrogens (tertiary/aromatic N) is 1. The Labute approximate surface area is 246 Å². The van der Waals surface area contributed by atoms with E-state index in [-0.39, 0.29) is 17.7 Å². The highest BCUT2D eigenvalue weighted by Crippen LogP contribution is 2.46. The Morgan fingerprint density at radius 2 is 1.90 bits per heavy atom. The monoisotopic (exact) mass is 568 g/mol. The van der Waals surface area contributed by atoms with Gasteiger partial charge in [-0.3, -0.25) is 4.79 Å². The molecule has 0 bridgehead atoms. The number of likely N-dealkylation sites (tertiary alicyclic amines) is 1. The molecule has 2 atom stereocenters. The van der Waals surface area contributed by atoms with Crippen LogP contribution in [0.4, 0.5) is 0 Å². The normalized spacial score (nSPS) is 23.1. The second-order valence-corrected chi connectivity index (χ2v) is 12.4. The van der Waals surface area contributed by atoms with E-state index in [0.29, 0.717) is 30.5 Å². The molecule has 1 saturated heterocycles. The van der Waals surface area contributed by atoms with Crippen molar-refractivity contribution < 1.29 is 14.6 Å². The number of halogens is 1. The van der Waals surface area contributed by atoms with Gasteiger partial charge in [0.25, 0.3) is 0 Å². The number of amides is 1. The molecule has 5 nitrogen and oxygen atoms in total. The lowest BCUT2D eigenvalue weighted by atomic mass is 9.71. The molecule has 1 amide bonds. The average molecular weight is 569 g/mol. The summed E-state index contributed by atoms with van der Waals surface area (Å²) in [5.74, 6) is 1.02. The molecular formula is C34H49ClN2O3. The number of aryl methyl sites for hydroxylation is 1. The fraction of sp³-hybridized carbons (Fsp3) is 0.618. The van der Waals surface area contributed by atoms with E-state index in [1.807, 2.05) is 19.2 Å². The first kappa shape index (κ1) is 31.0. The third-order valence-electron chi connectivity index (χ3n) is 9.36. The molecule has 220 valence electrons. The zero-order valence-electron chi connectivity index (χ0n) is 24.8. The number of aliphatic hydroxyl groups is 1. The van der Waals surface area contributed by atoms with Crippen LogP contribution < -0.4 is 5.32 Å². The van der Waals surface area contributed by atoms with Crippen LogP contribution in [-0.2, 0) is 21.6 Å². The van der Waals surface area contributed by atoms with Crippen LogP contribution in [0.1, 0.15) is 75.8 Å². The molecule has 0 spiro atoms. The predicted molar refractivity (Wildman–Crippen MR) is 165 cm³/mol. The van der Waals surface area contributed by atoms with E-state index in [0.717, 1.165) is 87.6 Å². The molecule has 1 aliphatic carbocycles. The number of hydrogen-bond donors (Lipinski definition) is 2. The Balaban J connectivity index is 1.63. The third kappa shape index (κ3) is 7.28. The smallest absolute Gasteiger partial charge is 0.225 e. The van der Waals surface area contributed by atoms with Gasteiger partial charge in [0.2, 0.25) is 5.91 Å². The average Bonchev–Trinajstić information content (AvgIpc) is 2.99. The van der Waals surface area contributed by atoms with E-state index in [2.05, 4.69) is 47.5 Å². The number of hydrogen-bond acceptors (Lipinski definition) is 4. The van der Waals surface area contributed by atoms with E-state index in [1.165, 1.54) is 5.56 Å². The zero-order valence-corrected chi connectivity index (χ0v) is 25.5. The summed E-state index contributed by atoms with van der Waals surface area (Å²) in [7, 11) is 3.73. The van der Waals surface area contributed by atoms with Crippen molar-refractivity contribution in [3.05, 3.63) is 58.6 Å². The van der Waals surface area contributed by atoms with Crippen molar-refractivity contribution in [2.45, 2.75) is 76.7 Å². The van der Waals surface area contributed by atoms with E-state index in [4.69, 9.17) is 16.3 Å². The molecule has 4 rings (SSSR count). The SMILES string of the molecule is CCc1cccc(-c2c(Cl)cccc2C(O)(CCCCOC)C2CCCN(C(=O)C3CCC(CNC)CC3)C2)c1. The van der Waals surface area contributed by atoms with Crippen LogP contribution in [0.2, 0.25) is 5.02 Å². The Bertz CT molecular complexity index is 1100. The van der Waals surface area contributed by atoms with Crippen molar-refractivity contribution in [3.63, 3.8) is 0 Å². The Kier molecular flexibility index (Phi) is 11.5. The molecule has 1 aliphatic heterocycles. The van der Waals surface area contributed by atoms with Gasteiger partial charge in [-0.1, -0.05) is 54.9 Å². The number of nitrogens with one attached hydrogen (secondary N) is 1. The molecule has 6 heteroatoms. The van der Waals surface area contributed by atoms with Gasteiger partial charge in [-0.15, -0.1) is 0 Å². The van der Waals surface area contributed by atoms with Gasteiger partial charge in [-0.05, 0) is 106 Å². The van der Waals surface area contributed by atoms with E-state index >= 15 is 0 Å². The summed E-state index contributed by atoms with van der Waals surface area (Å²) in [6.07, 6.45) is 9.23. The van der Waals surface area contributed by atoms with Gasteiger partial charge in [0.15, 0.2) is 0 Å². The van der Waals surface area contributed by atoms with Crippen LogP contribution >= 0.6 is 11.6 Å². The molecule has 2 fully saturated rings. The second kappa shape index (κ2) is 14.8. The highest BCUT2D eigenvalue weighted by Gasteiger charge is 2.43. The summed E-state index contributed by atoms with van der Waals surface area (Å²) < 4.78 is 5.32. The van der Waals surface area contributed by atoms with Crippen molar-refractivity contribution in [3.8, 4) is 11.1 Å². The minimum absolute atomic E-state index is 0.0556. The standard InChI is InChI=1S/C34H49ClN2O3/c1-4-25-10-7-11-28(22-25)32-30(13-8-14-31(32)35)34(39,19-5-6-21-40-3)29-12-9-20-37(24-29)33(38)27-17-15-26(16-18-27)23-36-2/h7-8,10-11,13-14,22,26-27,29,36,39H,4-6,9,12,15-21,23-24H2,1-3H3. The maximum atomic E-state index is 13.7. The number of piperidine rings is 1. The summed E-state index contributed by atoms with van der Waals surface area (Å²) in [6.45, 7) is 5.23. The lowest BCUT2D eigenvalue weighted by molar-refractivity contribution is -0.142. The molecule has 0 aromatic heterocycles. The number of rotatable bonds is 12. The van der Waals surface area contributed by atoms with Gasteiger partial charge in [-0.2, -0.15) is 0 Å². The lowest BCUT2D eigenvalue weighted by Crippen LogP contribution is -2.50. The van der Waals surface area contributed by atoms with Gasteiger partial charge in [0.1, 0.15) is 0 Å². The minimum Gasteiger partial charge on any atom is -0.385 e. The lowest BCUT2D eigenvalue weighted by Gasteiger charge is -2.45. The highest BCUT2D eigenvalue weighted by molar-refractivity contribution is 6.33. The van der Waals surface area contributed by atoms with Crippen molar-refractivity contribution in [1.82, 2.24) is 10.2 Å². The first-order valence-electron chi connectivity index (χ1n) is 15.4. The summed E-state index contributed by atoms with van der Waals surface area (Å²) in [4.78, 5) is 15.8. The van der Waals surface area contributed by atoms with Crippen molar-refractivity contribution in [2.24, 2.45) is 17.8 Å². The fourth-order valence-corrected chi connectivity index (χ4v) is 7.34. The number of unbranched alkanes of at least 4 members (excludes halogenated alkanes) is 1. The van der Waals surface area contributed by atoms with Crippen molar-refractivity contribution in [2.75, 3.05) is 40.4 Å². The number of benzene rings is 2. The summed E-state index contributed by atoms with van der Waals surface area (Å²) in [6, 6.07) is 14.4. The quantitative estimate of drug-likeness (QED) is 0.275. The molecule has 0 radical (unpaired) electrons. The van der Waals surface area contributed by atoms with Crippen LogP contribution in [0.3, 0.4) is 0 Å². The summed E-state index contributed by atoms with van der Waals surface area (Å²) in [5.41, 5.74) is 2.99. The van der Waals surface area contributed by atoms with E-state index in [9.17, 15) is 9.90 Å². The molecule has 2 aromatic carbocycles. The Morgan fingerprint density at radius 1 is 1.12 bits per heavy atom. The molecule has 2 N–H and O–H groups in total. The van der Waals surface area contributed by atoms with E-state index in [1.54, 1.807) is 7.11 Å². The number of carbonyl (C=O) groups is 1. The molecule has 2 aliphatic rings. The Morgan fingerprint density at radius 3 is 2.62 bits per heavy atom. The molecule has 2 aromatic rings. The van der Waals surface area contributed by atoms with Crippen LogP contribution in [0.15, 0.2) is 42.5 Å². The van der Waals surface area contributed by atoms with Crippen LogP contribution in [0, 0.1) is 17.8 Å². The van der Waals surface area contributed by atoms with Crippen LogP contribution in [-0.4, -0.2) is 56.3 Å². The van der Waals surface area contributed by atoms with Crippen LogP contribution in [0.25, 0.3) is 11.1 Å². The first-order chi connectivity index (χ1) is 19.4. The molecular weight excluding hydrogens is 520 g/mol. The molecule has 1 heterocycles. The largest absolute Gasteiger partial charge is 0.385 e. The first-order valence-corrected chi connectivity index (χ1v) is 15.8. The number of ether oxygens (including phenoxy) is 1. The Hall–Kier alpha value is -1.92. The zero-order chi connectivity index (χ0) is 28.5. The number of carbonyl (C=O) groups excluding carboxylic acids is 1. The molecule has 1 saturated carbocycles. The second-order valence-electron chi connectivity index (χ2n) is 12.0. The molecule has 2 unspecified atom stereocenters. The van der Waals surface area contributed by atoms with Crippen LogP contribution in [0.5, 0.6) is 0 Å². The van der Waals surface area contributed by atoms with Gasteiger partial charge >= 0.3 is 0 Å². The van der Waals surface area contributed by atoms with Gasteiger partial charge in [-0.25, -0.2) is 0 Å². The van der Waals surface area contributed by atoms with Crippen molar-refractivity contribution >= 4 is 17.5 Å². The maximum absolute atomic E-state index is 13.7. The summed E-state index contributed by atoms with van der Waals surface area (Å²) >= 11 is 6.90. The third-order valence-corrected chi connectivity index (χ3v) is 9.67.